The second-order valence-corrected chi connectivity index (χ2v) is 5.19. The minimum Gasteiger partial charge on any atom is -0.321 e. The van der Waals surface area contributed by atoms with E-state index in [1.54, 1.807) is 24.3 Å². The third kappa shape index (κ3) is 3.35. The maximum absolute atomic E-state index is 12.2. The Morgan fingerprint density at radius 1 is 1.29 bits per heavy atom. The number of hydrogen-bond donors (Lipinski definition) is 1. The molecule has 0 atom stereocenters. The lowest BCUT2D eigenvalue weighted by Crippen LogP contribution is -2.14. The number of amides is 1. The molecule has 2 aromatic carbocycles. The van der Waals surface area contributed by atoms with Gasteiger partial charge in [-0.15, -0.1) is 0 Å². The van der Waals surface area contributed by atoms with E-state index in [0.29, 0.717) is 14.8 Å². The molecule has 0 saturated carbocycles. The molecular weight excluding hydrogens is 385 g/mol. The van der Waals surface area contributed by atoms with Gasteiger partial charge < -0.3 is 5.32 Å². The van der Waals surface area contributed by atoms with E-state index >= 15 is 0 Å². The normalized spacial score (nSPS) is 9.71. The van der Waals surface area contributed by atoms with E-state index in [2.05, 4.69) is 5.32 Å². The highest BCUT2D eigenvalue weighted by Crippen LogP contribution is 2.22. The van der Waals surface area contributed by atoms with Crippen LogP contribution in [0.15, 0.2) is 42.5 Å². The van der Waals surface area contributed by atoms with Crippen LogP contribution >= 0.6 is 22.6 Å². The predicted molar refractivity (Wildman–Crippen MR) is 84.9 cm³/mol. The van der Waals surface area contributed by atoms with Gasteiger partial charge >= 0.3 is 0 Å². The summed E-state index contributed by atoms with van der Waals surface area (Å²) in [5, 5.41) is 22.4. The number of non-ortho nitro benzene ring substituents is 1. The first-order valence-electron chi connectivity index (χ1n) is 5.77. The van der Waals surface area contributed by atoms with Gasteiger partial charge in [-0.1, -0.05) is 12.1 Å². The maximum atomic E-state index is 12.2. The molecule has 0 unspecified atom stereocenters. The lowest BCUT2D eigenvalue weighted by atomic mass is 10.1. The van der Waals surface area contributed by atoms with Crippen molar-refractivity contribution in [3.63, 3.8) is 0 Å². The number of rotatable bonds is 3. The first kappa shape index (κ1) is 14.9. The maximum Gasteiger partial charge on any atom is 0.270 e. The van der Waals surface area contributed by atoms with Crippen LogP contribution in [0.4, 0.5) is 11.4 Å². The van der Waals surface area contributed by atoms with Crippen LogP contribution in [0.2, 0.25) is 0 Å². The Morgan fingerprint density at radius 3 is 2.67 bits per heavy atom. The molecule has 1 amide bonds. The Labute approximate surface area is 133 Å². The Bertz CT molecular complexity index is 768. The van der Waals surface area contributed by atoms with Crippen molar-refractivity contribution in [3.05, 3.63) is 67.3 Å². The van der Waals surface area contributed by atoms with Gasteiger partial charge in [-0.3, -0.25) is 14.9 Å². The SMILES string of the molecule is N#Cc1ccccc1NC(=O)c1cc([N+](=O)[O-])ccc1I. The molecule has 0 fully saturated rings. The van der Waals surface area contributed by atoms with Gasteiger partial charge in [0.05, 0.1) is 21.7 Å². The van der Waals surface area contributed by atoms with Crippen molar-refractivity contribution >= 4 is 39.9 Å². The molecule has 1 N–H and O–H groups in total. The van der Waals surface area contributed by atoms with Crippen molar-refractivity contribution < 1.29 is 9.72 Å². The first-order valence-corrected chi connectivity index (χ1v) is 6.85. The van der Waals surface area contributed by atoms with Crippen LogP contribution in [0.3, 0.4) is 0 Å². The van der Waals surface area contributed by atoms with Crippen LogP contribution in [0.5, 0.6) is 0 Å². The van der Waals surface area contributed by atoms with E-state index in [1.807, 2.05) is 28.7 Å². The summed E-state index contributed by atoms with van der Waals surface area (Å²) in [5.41, 5.74) is 0.727. The van der Waals surface area contributed by atoms with Crippen LogP contribution in [0.1, 0.15) is 15.9 Å². The zero-order chi connectivity index (χ0) is 15.4. The molecular formula is C14H8IN3O3. The fourth-order valence-electron chi connectivity index (χ4n) is 1.68. The molecule has 7 heteroatoms. The average Bonchev–Trinajstić information content (AvgIpc) is 2.47. The van der Waals surface area contributed by atoms with Gasteiger partial charge in [0.1, 0.15) is 6.07 Å². The lowest BCUT2D eigenvalue weighted by molar-refractivity contribution is -0.384. The summed E-state index contributed by atoms with van der Waals surface area (Å²) in [7, 11) is 0. The number of nitrogens with one attached hydrogen (secondary N) is 1. The van der Waals surface area contributed by atoms with Crippen molar-refractivity contribution in [2.75, 3.05) is 5.32 Å². The summed E-state index contributed by atoms with van der Waals surface area (Å²) in [6.07, 6.45) is 0. The van der Waals surface area contributed by atoms with Gasteiger partial charge in [0.25, 0.3) is 11.6 Å². The molecule has 0 bridgehead atoms. The van der Waals surface area contributed by atoms with Gasteiger partial charge in [0.15, 0.2) is 0 Å². The third-order valence-corrected chi connectivity index (χ3v) is 3.64. The van der Waals surface area contributed by atoms with E-state index in [0.717, 1.165) is 0 Å². The van der Waals surface area contributed by atoms with Crippen molar-refractivity contribution in [1.29, 1.82) is 5.26 Å². The second-order valence-electron chi connectivity index (χ2n) is 4.03. The van der Waals surface area contributed by atoms with Crippen molar-refractivity contribution in [3.8, 4) is 6.07 Å². The molecule has 21 heavy (non-hydrogen) atoms. The molecule has 2 rings (SSSR count). The highest BCUT2D eigenvalue weighted by Gasteiger charge is 2.16. The van der Waals surface area contributed by atoms with E-state index in [-0.39, 0.29) is 11.3 Å². The summed E-state index contributed by atoms with van der Waals surface area (Å²) in [6.45, 7) is 0. The number of nitrogens with zero attached hydrogens (tertiary/aromatic N) is 2. The van der Waals surface area contributed by atoms with E-state index in [1.165, 1.54) is 18.2 Å². The number of carbonyl (C=O) groups is 1. The number of para-hydroxylation sites is 1. The number of carbonyl (C=O) groups excluding carboxylic acids is 1. The molecule has 2 aromatic rings. The molecule has 0 heterocycles. The van der Waals surface area contributed by atoms with Crippen LogP contribution in [0.25, 0.3) is 0 Å². The van der Waals surface area contributed by atoms with Crippen molar-refractivity contribution in [2.45, 2.75) is 0 Å². The predicted octanol–water partition coefficient (Wildman–Crippen LogP) is 3.32. The topological polar surface area (TPSA) is 96.0 Å². The largest absolute Gasteiger partial charge is 0.321 e. The fraction of sp³-hybridized carbons (Fsp3) is 0. The molecule has 0 saturated heterocycles. The van der Waals surface area contributed by atoms with Crippen molar-refractivity contribution in [1.82, 2.24) is 0 Å². The number of anilines is 1. The third-order valence-electron chi connectivity index (χ3n) is 2.70. The van der Waals surface area contributed by atoms with Gasteiger partial charge in [-0.25, -0.2) is 0 Å². The molecule has 0 aliphatic carbocycles. The number of nitriles is 1. The van der Waals surface area contributed by atoms with Gasteiger partial charge in [-0.05, 0) is 40.8 Å². The highest BCUT2D eigenvalue weighted by molar-refractivity contribution is 14.1. The fourth-order valence-corrected chi connectivity index (χ4v) is 2.26. The van der Waals surface area contributed by atoms with Crippen LogP contribution in [-0.4, -0.2) is 10.8 Å². The molecule has 104 valence electrons. The number of nitro groups is 1. The minimum absolute atomic E-state index is 0.158. The Hall–Kier alpha value is -2.47. The van der Waals surface area contributed by atoms with Crippen LogP contribution in [0, 0.1) is 25.0 Å². The van der Waals surface area contributed by atoms with Crippen LogP contribution in [-0.2, 0) is 0 Å². The zero-order valence-corrected chi connectivity index (χ0v) is 12.7. The summed E-state index contributed by atoms with van der Waals surface area (Å²) in [4.78, 5) is 22.4. The molecule has 6 nitrogen and oxygen atoms in total. The van der Waals surface area contributed by atoms with Crippen molar-refractivity contribution in [2.24, 2.45) is 0 Å². The molecule has 0 spiro atoms. The van der Waals surface area contributed by atoms with Gasteiger partial charge in [0.2, 0.25) is 0 Å². The smallest absolute Gasteiger partial charge is 0.270 e. The molecule has 0 aromatic heterocycles. The summed E-state index contributed by atoms with van der Waals surface area (Å²) >= 11 is 1.93. The molecule has 0 aliphatic heterocycles. The van der Waals surface area contributed by atoms with E-state index in [9.17, 15) is 14.9 Å². The first-order chi connectivity index (χ1) is 10.0. The summed E-state index contributed by atoms with van der Waals surface area (Å²) in [5.74, 6) is -0.495. The average molecular weight is 393 g/mol. The molecule has 0 aliphatic rings. The monoisotopic (exact) mass is 393 g/mol. The van der Waals surface area contributed by atoms with Gasteiger partial charge in [-0.2, -0.15) is 5.26 Å². The number of hydrogen-bond acceptors (Lipinski definition) is 4. The number of benzene rings is 2. The summed E-state index contributed by atoms with van der Waals surface area (Å²) in [6, 6.07) is 12.6. The number of halogens is 1. The second kappa shape index (κ2) is 6.32. The van der Waals surface area contributed by atoms with Gasteiger partial charge in [0, 0.05) is 15.7 Å². The highest BCUT2D eigenvalue weighted by atomic mass is 127. The molecule has 0 radical (unpaired) electrons. The Morgan fingerprint density at radius 2 is 2.00 bits per heavy atom. The van der Waals surface area contributed by atoms with Crippen LogP contribution < -0.4 is 5.32 Å². The minimum atomic E-state index is -0.559. The Kier molecular flexibility index (Phi) is 4.49. The van der Waals surface area contributed by atoms with E-state index < -0.39 is 10.8 Å². The quantitative estimate of drug-likeness (QED) is 0.492. The lowest BCUT2D eigenvalue weighted by Gasteiger charge is -2.08. The Balaban J connectivity index is 2.35. The zero-order valence-electron chi connectivity index (χ0n) is 10.5. The summed E-state index contributed by atoms with van der Waals surface area (Å²) < 4.78 is 0.588. The number of nitro benzene ring substituents is 1. The van der Waals surface area contributed by atoms with E-state index in [4.69, 9.17) is 5.26 Å². The standard InChI is InChI=1S/C14H8IN3O3/c15-12-6-5-10(18(20)21)7-11(12)14(19)17-13-4-2-1-3-9(13)8-16/h1-7H,(H,17,19).